The number of carboxylic acids is 1. The van der Waals surface area contributed by atoms with Crippen molar-refractivity contribution < 1.29 is 33.9 Å². The van der Waals surface area contributed by atoms with E-state index in [1.165, 1.54) is 0 Å². The van der Waals surface area contributed by atoms with Gasteiger partial charge in [-0.15, -0.1) is 0 Å². The van der Waals surface area contributed by atoms with E-state index in [1.807, 2.05) is 0 Å². The summed E-state index contributed by atoms with van der Waals surface area (Å²) in [5.74, 6) is -2.83. The molecule has 10 nitrogen and oxygen atoms in total. The molecule has 3 rings (SSSR count). The molecule has 1 unspecified atom stereocenters. The number of hydroxylamine groups is 2. The van der Waals surface area contributed by atoms with Crippen molar-refractivity contribution in [3.8, 4) is 0 Å². The average molecular weight is 502 g/mol. The Bertz CT molecular complexity index is 961. The van der Waals surface area contributed by atoms with Gasteiger partial charge in [0.2, 0.25) is 5.54 Å². The third-order valence-corrected chi connectivity index (χ3v) is 5.98. The van der Waals surface area contributed by atoms with Crippen molar-refractivity contribution in [1.82, 2.24) is 14.9 Å². The molecule has 0 aromatic heterocycles. The van der Waals surface area contributed by atoms with Crippen LogP contribution in [0, 0.1) is 0 Å². The number of hydrogen-bond acceptors (Lipinski definition) is 6. The van der Waals surface area contributed by atoms with Crippen LogP contribution >= 0.6 is 23.2 Å². The highest BCUT2D eigenvalue weighted by molar-refractivity contribution is 6.35. The average Bonchev–Trinajstić information content (AvgIpc) is 3.14. The minimum atomic E-state index is -1.96. The van der Waals surface area contributed by atoms with Crippen molar-refractivity contribution >= 4 is 47.1 Å². The first-order valence-corrected chi connectivity index (χ1v) is 11.0. The maximum atomic E-state index is 13.6. The second kappa shape index (κ2) is 9.36. The van der Waals surface area contributed by atoms with E-state index in [1.54, 1.807) is 39.0 Å². The summed E-state index contributed by atoms with van der Waals surface area (Å²) in [6.45, 7) is 3.77. The van der Waals surface area contributed by atoms with Crippen molar-refractivity contribution in [3.63, 3.8) is 0 Å². The smallest absolute Gasteiger partial charge is 0.411 e. The fourth-order valence-electron chi connectivity index (χ4n) is 3.87. The van der Waals surface area contributed by atoms with E-state index in [0.29, 0.717) is 22.0 Å². The van der Waals surface area contributed by atoms with Crippen LogP contribution in [-0.4, -0.2) is 74.7 Å². The summed E-state index contributed by atoms with van der Waals surface area (Å²) in [5.41, 5.74) is -2.40. The van der Waals surface area contributed by atoms with E-state index in [9.17, 15) is 24.3 Å². The molecular weight excluding hydrogens is 477 g/mol. The molecule has 2 fully saturated rings. The Morgan fingerprint density at radius 2 is 1.79 bits per heavy atom. The number of carboxylic acid groups (broad SMARTS) is 1. The molecule has 1 aromatic rings. The van der Waals surface area contributed by atoms with Gasteiger partial charge >= 0.3 is 12.1 Å². The summed E-state index contributed by atoms with van der Waals surface area (Å²) in [6.07, 6.45) is -0.484. The first kappa shape index (κ1) is 25.1. The highest BCUT2D eigenvalue weighted by Crippen LogP contribution is 2.38. The second-order valence-corrected chi connectivity index (χ2v) is 9.61. The summed E-state index contributed by atoms with van der Waals surface area (Å²) >= 11 is 12.3. The molecular formula is C21H25Cl2N3O7. The molecule has 1 N–H and O–H groups in total. The molecule has 2 saturated heterocycles. The highest BCUT2D eigenvalue weighted by atomic mass is 35.5. The van der Waals surface area contributed by atoms with Gasteiger partial charge < -0.3 is 14.7 Å². The molecule has 0 radical (unpaired) electrons. The molecule has 0 bridgehead atoms. The molecule has 1 spiro atoms. The summed E-state index contributed by atoms with van der Waals surface area (Å²) in [6, 6.07) is 4.86. The Hall–Kier alpha value is -2.56. The maximum absolute atomic E-state index is 13.6. The maximum Gasteiger partial charge on any atom is 0.411 e. The number of aliphatic carboxylic acids is 1. The molecule has 2 aliphatic heterocycles. The zero-order valence-corrected chi connectivity index (χ0v) is 20.0. The predicted molar refractivity (Wildman–Crippen MR) is 117 cm³/mol. The van der Waals surface area contributed by atoms with Crippen molar-refractivity contribution in [3.05, 3.63) is 33.8 Å². The number of amides is 3. The van der Waals surface area contributed by atoms with Crippen LogP contribution in [0.25, 0.3) is 0 Å². The van der Waals surface area contributed by atoms with Crippen LogP contribution in [0.4, 0.5) is 4.79 Å². The van der Waals surface area contributed by atoms with E-state index < -0.39 is 48.2 Å². The van der Waals surface area contributed by atoms with Crippen LogP contribution in [0.5, 0.6) is 0 Å². The number of carbonyl (C=O) groups excluding carboxylic acids is 3. The van der Waals surface area contributed by atoms with Crippen molar-refractivity contribution in [1.29, 1.82) is 0 Å². The van der Waals surface area contributed by atoms with Crippen LogP contribution < -0.4 is 0 Å². The van der Waals surface area contributed by atoms with Gasteiger partial charge in [-0.25, -0.2) is 4.79 Å². The number of ether oxygens (including phenoxy) is 1. The Morgan fingerprint density at radius 1 is 1.15 bits per heavy atom. The SMILES string of the molecule is CC(C)(C)OC(=O)N1CCCC12C(=O)N(CC(=O)O)CN(OCc1c(Cl)cccc1Cl)C2=O. The van der Waals surface area contributed by atoms with Crippen molar-refractivity contribution in [2.75, 3.05) is 19.8 Å². The lowest BCUT2D eigenvalue weighted by molar-refractivity contribution is -0.226. The number of halogens is 2. The number of carbonyl (C=O) groups is 4. The van der Waals surface area contributed by atoms with Gasteiger partial charge in [-0.2, -0.15) is 5.06 Å². The van der Waals surface area contributed by atoms with Gasteiger partial charge in [-0.3, -0.25) is 24.1 Å². The Balaban J connectivity index is 1.94. The van der Waals surface area contributed by atoms with E-state index in [4.69, 9.17) is 32.8 Å². The molecule has 180 valence electrons. The Morgan fingerprint density at radius 3 is 2.36 bits per heavy atom. The fraction of sp³-hybridized carbons (Fsp3) is 0.524. The molecule has 2 aliphatic rings. The lowest BCUT2D eigenvalue weighted by Crippen LogP contribution is -2.72. The summed E-state index contributed by atoms with van der Waals surface area (Å²) < 4.78 is 5.41. The van der Waals surface area contributed by atoms with Gasteiger partial charge in [0.1, 0.15) is 25.4 Å². The van der Waals surface area contributed by atoms with Crippen LogP contribution in [0.2, 0.25) is 10.0 Å². The van der Waals surface area contributed by atoms with Crippen LogP contribution in [-0.2, 0) is 30.6 Å². The van der Waals surface area contributed by atoms with Crippen molar-refractivity contribution in [2.24, 2.45) is 0 Å². The van der Waals surface area contributed by atoms with Crippen LogP contribution in [0.3, 0.4) is 0 Å². The lowest BCUT2D eigenvalue weighted by atomic mass is 9.91. The third kappa shape index (κ3) is 5.02. The number of likely N-dealkylation sites (tertiary alicyclic amines) is 1. The standard InChI is InChI=1S/C21H25Cl2N3O7/c1-20(2,3)33-19(31)25-9-5-8-21(25)17(29)24(10-16(27)28)12-26(18(21)30)32-11-13-14(22)6-4-7-15(13)23/h4,6-7H,5,8-12H2,1-3H3,(H,27,28). The van der Waals surface area contributed by atoms with E-state index in [2.05, 4.69) is 0 Å². The summed E-state index contributed by atoms with van der Waals surface area (Å²) in [7, 11) is 0. The molecule has 33 heavy (non-hydrogen) atoms. The van der Waals surface area contributed by atoms with Gasteiger partial charge in [0.25, 0.3) is 11.8 Å². The number of hydrogen-bond donors (Lipinski definition) is 1. The predicted octanol–water partition coefficient (Wildman–Crippen LogP) is 2.91. The number of benzene rings is 1. The van der Waals surface area contributed by atoms with Crippen LogP contribution in [0.1, 0.15) is 39.2 Å². The van der Waals surface area contributed by atoms with Gasteiger partial charge in [0.15, 0.2) is 0 Å². The minimum absolute atomic E-state index is 0.00668. The zero-order chi connectivity index (χ0) is 24.6. The van der Waals surface area contributed by atoms with E-state index in [0.717, 1.165) is 14.9 Å². The van der Waals surface area contributed by atoms with Gasteiger partial charge in [-0.05, 0) is 45.7 Å². The largest absolute Gasteiger partial charge is 0.480 e. The summed E-state index contributed by atoms with van der Waals surface area (Å²) in [5, 5.41) is 10.8. The van der Waals surface area contributed by atoms with E-state index >= 15 is 0 Å². The second-order valence-electron chi connectivity index (χ2n) is 8.79. The highest BCUT2D eigenvalue weighted by Gasteiger charge is 2.62. The Kier molecular flexibility index (Phi) is 7.11. The molecule has 3 amide bonds. The normalized spacial score (nSPS) is 21.2. The van der Waals surface area contributed by atoms with Gasteiger partial charge in [0, 0.05) is 22.2 Å². The van der Waals surface area contributed by atoms with Crippen LogP contribution in [0.15, 0.2) is 18.2 Å². The molecule has 2 heterocycles. The monoisotopic (exact) mass is 501 g/mol. The third-order valence-electron chi connectivity index (χ3n) is 5.27. The minimum Gasteiger partial charge on any atom is -0.480 e. The first-order chi connectivity index (χ1) is 15.4. The van der Waals surface area contributed by atoms with Crippen molar-refractivity contribution in [2.45, 2.75) is 51.4 Å². The zero-order valence-electron chi connectivity index (χ0n) is 18.5. The fourth-order valence-corrected chi connectivity index (χ4v) is 4.37. The van der Waals surface area contributed by atoms with Gasteiger partial charge in [0.05, 0.1) is 0 Å². The molecule has 12 heteroatoms. The molecule has 1 atom stereocenters. The Labute approximate surface area is 200 Å². The van der Waals surface area contributed by atoms with E-state index in [-0.39, 0.29) is 19.6 Å². The van der Waals surface area contributed by atoms with Gasteiger partial charge in [-0.1, -0.05) is 29.3 Å². The molecule has 1 aromatic carbocycles. The molecule has 0 aliphatic carbocycles. The molecule has 0 saturated carbocycles. The topological polar surface area (TPSA) is 117 Å². The quantitative estimate of drug-likeness (QED) is 0.616. The summed E-state index contributed by atoms with van der Waals surface area (Å²) in [4.78, 5) is 58.9. The number of rotatable bonds is 5. The number of nitrogens with zero attached hydrogens (tertiary/aromatic N) is 3. The first-order valence-electron chi connectivity index (χ1n) is 10.3. The lowest BCUT2D eigenvalue weighted by Gasteiger charge is -2.46.